The van der Waals surface area contributed by atoms with Gasteiger partial charge in [-0.15, -0.1) is 12.4 Å². The number of benzene rings is 1. The van der Waals surface area contributed by atoms with Crippen LogP contribution in [0.1, 0.15) is 19.4 Å². The molecule has 24 heavy (non-hydrogen) atoms. The summed E-state index contributed by atoms with van der Waals surface area (Å²) in [6, 6.07) is 3.08. The number of carbonyl (C=O) groups excluding carboxylic acids is 1. The molecule has 1 aromatic rings. The minimum atomic E-state index is -3.00. The summed E-state index contributed by atoms with van der Waals surface area (Å²) in [5.41, 5.74) is -0.0214. The number of ether oxygens (including phenoxy) is 2. The third kappa shape index (κ3) is 5.17. The fraction of sp³-hybridized carbons (Fsp3) is 0.533. The van der Waals surface area contributed by atoms with E-state index >= 15 is 0 Å². The van der Waals surface area contributed by atoms with Gasteiger partial charge in [-0.05, 0) is 32.0 Å². The van der Waals surface area contributed by atoms with Crippen molar-refractivity contribution in [3.05, 3.63) is 29.6 Å². The van der Waals surface area contributed by atoms with Gasteiger partial charge >= 0.3 is 12.7 Å². The Morgan fingerprint density at radius 3 is 2.54 bits per heavy atom. The summed E-state index contributed by atoms with van der Waals surface area (Å²) in [7, 11) is 0. The van der Waals surface area contributed by atoms with Gasteiger partial charge in [-0.2, -0.15) is 8.78 Å². The summed E-state index contributed by atoms with van der Waals surface area (Å²) in [5.74, 6) is -0.836. The summed E-state index contributed by atoms with van der Waals surface area (Å²) in [4.78, 5) is 13.7. The van der Waals surface area contributed by atoms with Crippen LogP contribution in [0.15, 0.2) is 18.2 Å². The van der Waals surface area contributed by atoms with Crippen LogP contribution in [0.3, 0.4) is 0 Å². The van der Waals surface area contributed by atoms with E-state index in [1.54, 1.807) is 4.90 Å². The Morgan fingerprint density at radius 1 is 1.33 bits per heavy atom. The van der Waals surface area contributed by atoms with E-state index in [9.17, 15) is 18.0 Å². The number of piperazine rings is 1. The molecular formula is C15H20ClF3N2O3. The van der Waals surface area contributed by atoms with Crippen LogP contribution in [0.25, 0.3) is 0 Å². The van der Waals surface area contributed by atoms with Crippen molar-refractivity contribution in [1.82, 2.24) is 10.2 Å². The molecule has 1 amide bonds. The number of hydrogen-bond donors (Lipinski definition) is 1. The second-order valence-corrected chi connectivity index (χ2v) is 5.45. The molecule has 9 heteroatoms. The van der Waals surface area contributed by atoms with Crippen LogP contribution >= 0.6 is 12.4 Å². The van der Waals surface area contributed by atoms with Crippen LogP contribution in [0.2, 0.25) is 0 Å². The normalized spacial score (nSPS) is 20.5. The highest BCUT2D eigenvalue weighted by Crippen LogP contribution is 2.20. The van der Waals surface area contributed by atoms with Crippen molar-refractivity contribution in [2.24, 2.45) is 0 Å². The molecule has 1 aliphatic heterocycles. The molecule has 1 fully saturated rings. The molecule has 1 aliphatic rings. The van der Waals surface area contributed by atoms with Crippen LogP contribution in [0.4, 0.5) is 18.0 Å². The zero-order chi connectivity index (χ0) is 17.0. The van der Waals surface area contributed by atoms with E-state index in [1.807, 2.05) is 13.8 Å². The van der Waals surface area contributed by atoms with E-state index < -0.39 is 18.5 Å². The van der Waals surface area contributed by atoms with Gasteiger partial charge in [0.1, 0.15) is 18.2 Å². The number of carbonyl (C=O) groups is 1. The molecule has 0 saturated carbocycles. The second-order valence-electron chi connectivity index (χ2n) is 5.45. The van der Waals surface area contributed by atoms with E-state index in [-0.39, 0.29) is 42.4 Å². The summed E-state index contributed by atoms with van der Waals surface area (Å²) in [6.07, 6.45) is -0.564. The molecule has 1 N–H and O–H groups in total. The number of nitrogens with one attached hydrogen (secondary N) is 1. The van der Waals surface area contributed by atoms with Gasteiger partial charge in [-0.3, -0.25) is 0 Å². The molecule has 2 unspecified atom stereocenters. The lowest BCUT2D eigenvalue weighted by Gasteiger charge is -2.38. The van der Waals surface area contributed by atoms with Gasteiger partial charge in [0.25, 0.3) is 0 Å². The first-order valence-electron chi connectivity index (χ1n) is 7.27. The van der Waals surface area contributed by atoms with Gasteiger partial charge in [-0.25, -0.2) is 9.18 Å². The Hall–Kier alpha value is -1.67. The summed E-state index contributed by atoms with van der Waals surface area (Å²) < 4.78 is 47.4. The predicted octanol–water partition coefficient (Wildman–Crippen LogP) is 3.17. The fourth-order valence-electron chi connectivity index (χ4n) is 2.54. The third-order valence-electron chi connectivity index (χ3n) is 3.63. The quantitative estimate of drug-likeness (QED) is 0.887. The number of hydrogen-bond acceptors (Lipinski definition) is 4. The maximum Gasteiger partial charge on any atom is 0.410 e. The van der Waals surface area contributed by atoms with Crippen LogP contribution in [-0.4, -0.2) is 42.8 Å². The van der Waals surface area contributed by atoms with Gasteiger partial charge in [0.2, 0.25) is 0 Å². The van der Waals surface area contributed by atoms with E-state index in [4.69, 9.17) is 4.74 Å². The molecule has 0 radical (unpaired) electrons. The first kappa shape index (κ1) is 20.4. The molecule has 0 aliphatic carbocycles. The van der Waals surface area contributed by atoms with Crippen LogP contribution in [-0.2, 0) is 11.3 Å². The maximum absolute atomic E-state index is 13.7. The molecule has 2 atom stereocenters. The van der Waals surface area contributed by atoms with Crippen molar-refractivity contribution < 1.29 is 27.4 Å². The molecule has 1 heterocycles. The Morgan fingerprint density at radius 2 is 1.96 bits per heavy atom. The largest absolute Gasteiger partial charge is 0.444 e. The Bertz CT molecular complexity index is 553. The Labute approximate surface area is 144 Å². The minimum absolute atomic E-state index is 0. The van der Waals surface area contributed by atoms with Gasteiger partial charge in [-0.1, -0.05) is 0 Å². The molecular weight excluding hydrogens is 349 g/mol. The van der Waals surface area contributed by atoms with Gasteiger partial charge < -0.3 is 19.7 Å². The smallest absolute Gasteiger partial charge is 0.410 e. The number of alkyl halides is 2. The highest BCUT2D eigenvalue weighted by atomic mass is 35.5. The predicted molar refractivity (Wildman–Crippen MR) is 84.1 cm³/mol. The lowest BCUT2D eigenvalue weighted by atomic mass is 10.1. The molecule has 2 rings (SSSR count). The first-order valence-corrected chi connectivity index (χ1v) is 7.27. The molecule has 0 bridgehead atoms. The molecule has 0 spiro atoms. The van der Waals surface area contributed by atoms with Gasteiger partial charge in [0, 0.05) is 30.7 Å². The topological polar surface area (TPSA) is 50.8 Å². The van der Waals surface area contributed by atoms with Crippen molar-refractivity contribution in [2.75, 3.05) is 13.1 Å². The highest BCUT2D eigenvalue weighted by molar-refractivity contribution is 5.85. The zero-order valence-corrected chi connectivity index (χ0v) is 14.1. The molecule has 1 aromatic carbocycles. The van der Waals surface area contributed by atoms with Crippen molar-refractivity contribution in [2.45, 2.75) is 39.1 Å². The average Bonchev–Trinajstić information content (AvgIpc) is 2.47. The van der Waals surface area contributed by atoms with Crippen LogP contribution in [0, 0.1) is 5.82 Å². The lowest BCUT2D eigenvalue weighted by Crippen LogP contribution is -2.57. The number of halogens is 4. The van der Waals surface area contributed by atoms with Gasteiger partial charge in [0.15, 0.2) is 0 Å². The monoisotopic (exact) mass is 368 g/mol. The number of rotatable bonds is 4. The average molecular weight is 369 g/mol. The van der Waals surface area contributed by atoms with Crippen molar-refractivity contribution in [3.63, 3.8) is 0 Å². The summed E-state index contributed by atoms with van der Waals surface area (Å²) in [5, 5.41) is 3.18. The number of amides is 1. The summed E-state index contributed by atoms with van der Waals surface area (Å²) >= 11 is 0. The zero-order valence-electron chi connectivity index (χ0n) is 13.3. The maximum atomic E-state index is 13.7. The third-order valence-corrected chi connectivity index (χ3v) is 3.63. The Balaban J connectivity index is 0.00000288. The molecule has 1 saturated heterocycles. The molecule has 5 nitrogen and oxygen atoms in total. The lowest BCUT2D eigenvalue weighted by molar-refractivity contribution is -0.0500. The standard InChI is InChI=1S/C15H19F3N2O3.ClH/c1-9-6-19-7-10(2)20(9)15(21)22-8-11-5-12(23-14(17)18)3-4-13(11)16;/h3-5,9-10,14,19H,6-8H2,1-2H3;1H. The van der Waals surface area contributed by atoms with Gasteiger partial charge in [0.05, 0.1) is 0 Å². The first-order chi connectivity index (χ1) is 10.9. The molecule has 136 valence electrons. The van der Waals surface area contributed by atoms with E-state index in [0.29, 0.717) is 13.1 Å². The second kappa shape index (κ2) is 8.98. The van der Waals surface area contributed by atoms with Crippen molar-refractivity contribution >= 4 is 18.5 Å². The number of nitrogens with zero attached hydrogens (tertiary/aromatic N) is 1. The van der Waals surface area contributed by atoms with Crippen LogP contribution < -0.4 is 10.1 Å². The van der Waals surface area contributed by atoms with Crippen molar-refractivity contribution in [3.8, 4) is 5.75 Å². The minimum Gasteiger partial charge on any atom is -0.444 e. The Kier molecular flexibility index (Phi) is 7.62. The SMILES string of the molecule is CC1CNCC(C)N1C(=O)OCc1cc(OC(F)F)ccc1F.Cl. The summed E-state index contributed by atoms with van der Waals surface area (Å²) in [6.45, 7) is 1.69. The molecule has 0 aromatic heterocycles. The van der Waals surface area contributed by atoms with E-state index in [1.165, 1.54) is 0 Å². The van der Waals surface area contributed by atoms with E-state index in [0.717, 1.165) is 18.2 Å². The van der Waals surface area contributed by atoms with Crippen molar-refractivity contribution in [1.29, 1.82) is 0 Å². The fourth-order valence-corrected chi connectivity index (χ4v) is 2.54. The highest BCUT2D eigenvalue weighted by Gasteiger charge is 2.30. The van der Waals surface area contributed by atoms with Crippen LogP contribution in [0.5, 0.6) is 5.75 Å². The van der Waals surface area contributed by atoms with E-state index in [2.05, 4.69) is 10.1 Å².